The monoisotopic (exact) mass is 348 g/mol. The molecule has 3 aromatic rings. The summed E-state index contributed by atoms with van der Waals surface area (Å²) in [5.41, 5.74) is 6.09. The first-order valence-corrected chi connectivity index (χ1v) is 8.17. The Kier molecular flexibility index (Phi) is 4.20. The summed E-state index contributed by atoms with van der Waals surface area (Å²) in [7, 11) is 0. The van der Waals surface area contributed by atoms with Crippen LogP contribution in [0.15, 0.2) is 73.1 Å². The molecule has 1 N–H and O–H groups in total. The molecule has 0 saturated heterocycles. The van der Waals surface area contributed by atoms with Gasteiger partial charge in [0.2, 0.25) is 0 Å². The van der Waals surface area contributed by atoms with Gasteiger partial charge in [-0.15, -0.1) is 0 Å². The number of aromatic nitrogens is 1. The van der Waals surface area contributed by atoms with Crippen LogP contribution in [0.1, 0.15) is 17.2 Å². The van der Waals surface area contributed by atoms with Crippen LogP contribution in [0.3, 0.4) is 0 Å². The van der Waals surface area contributed by atoms with Crippen molar-refractivity contribution in [3.8, 4) is 5.75 Å². The van der Waals surface area contributed by atoms with E-state index in [2.05, 4.69) is 10.4 Å². The van der Waals surface area contributed by atoms with Crippen LogP contribution >= 0.6 is 0 Å². The number of nitro benzene ring substituents is 1. The van der Waals surface area contributed by atoms with E-state index >= 15 is 0 Å². The topological polar surface area (TPSA) is 80.5 Å². The smallest absolute Gasteiger partial charge is 0.273 e. The van der Waals surface area contributed by atoms with E-state index in [-0.39, 0.29) is 11.7 Å². The SMILES string of the molecule is O=[N+]([O-])c1ccc2c(c1)ON(Nc1ccncc1)C2Cc1ccccc1. The van der Waals surface area contributed by atoms with Gasteiger partial charge in [0.1, 0.15) is 0 Å². The summed E-state index contributed by atoms with van der Waals surface area (Å²) in [5.74, 6) is 0.488. The molecular weight excluding hydrogens is 332 g/mol. The highest BCUT2D eigenvalue weighted by Crippen LogP contribution is 2.41. The molecule has 4 rings (SSSR count). The molecule has 7 heteroatoms. The molecule has 1 aliphatic heterocycles. The first kappa shape index (κ1) is 16.0. The predicted octanol–water partition coefficient (Wildman–Crippen LogP) is 3.91. The van der Waals surface area contributed by atoms with Crippen molar-refractivity contribution in [2.45, 2.75) is 12.5 Å². The predicted molar refractivity (Wildman–Crippen MR) is 96.3 cm³/mol. The number of benzene rings is 2. The van der Waals surface area contributed by atoms with E-state index in [1.165, 1.54) is 12.1 Å². The Bertz CT molecular complexity index is 919. The fourth-order valence-corrected chi connectivity index (χ4v) is 2.97. The third kappa shape index (κ3) is 3.20. The van der Waals surface area contributed by atoms with Gasteiger partial charge in [0.25, 0.3) is 5.69 Å². The van der Waals surface area contributed by atoms with Crippen molar-refractivity contribution >= 4 is 11.4 Å². The number of rotatable bonds is 5. The van der Waals surface area contributed by atoms with Gasteiger partial charge in [0, 0.05) is 24.0 Å². The molecule has 26 heavy (non-hydrogen) atoms. The number of non-ortho nitro benzene ring substituents is 1. The Morgan fingerprint density at radius 1 is 1.12 bits per heavy atom. The van der Waals surface area contributed by atoms with E-state index in [0.29, 0.717) is 12.2 Å². The zero-order valence-electron chi connectivity index (χ0n) is 13.8. The van der Waals surface area contributed by atoms with E-state index in [1.54, 1.807) is 23.6 Å². The molecule has 0 bridgehead atoms. The molecule has 1 aromatic heterocycles. The lowest BCUT2D eigenvalue weighted by molar-refractivity contribution is -0.385. The number of anilines is 1. The largest absolute Gasteiger partial charge is 0.385 e. The number of hydroxylamine groups is 1. The third-order valence-electron chi connectivity index (χ3n) is 4.24. The summed E-state index contributed by atoms with van der Waals surface area (Å²) < 4.78 is 0. The quantitative estimate of drug-likeness (QED) is 0.556. The van der Waals surface area contributed by atoms with Crippen molar-refractivity contribution < 1.29 is 9.76 Å². The summed E-state index contributed by atoms with van der Waals surface area (Å²) in [5, 5.41) is 12.7. The Morgan fingerprint density at radius 2 is 1.88 bits per heavy atom. The Morgan fingerprint density at radius 3 is 2.62 bits per heavy atom. The Balaban J connectivity index is 1.66. The van der Waals surface area contributed by atoms with Crippen molar-refractivity contribution in [3.63, 3.8) is 0 Å². The molecule has 130 valence electrons. The molecule has 0 amide bonds. The Labute approximate surface area is 149 Å². The maximum Gasteiger partial charge on any atom is 0.273 e. The fraction of sp³-hybridized carbons (Fsp3) is 0.105. The fourth-order valence-electron chi connectivity index (χ4n) is 2.97. The second kappa shape index (κ2) is 6.81. The number of pyridine rings is 1. The lowest BCUT2D eigenvalue weighted by Gasteiger charge is -2.24. The van der Waals surface area contributed by atoms with Gasteiger partial charge >= 0.3 is 0 Å². The van der Waals surface area contributed by atoms with Crippen molar-refractivity contribution in [1.82, 2.24) is 10.2 Å². The molecule has 1 unspecified atom stereocenters. The summed E-state index contributed by atoms with van der Waals surface area (Å²) in [6.45, 7) is 0. The molecule has 0 aliphatic carbocycles. The van der Waals surface area contributed by atoms with Gasteiger partial charge in [-0.25, -0.2) is 0 Å². The molecule has 0 spiro atoms. The lowest BCUT2D eigenvalue weighted by atomic mass is 9.99. The molecule has 1 aliphatic rings. The highest BCUT2D eigenvalue weighted by Gasteiger charge is 2.34. The van der Waals surface area contributed by atoms with E-state index in [4.69, 9.17) is 4.84 Å². The second-order valence-electron chi connectivity index (χ2n) is 5.95. The van der Waals surface area contributed by atoms with E-state index in [9.17, 15) is 10.1 Å². The second-order valence-corrected chi connectivity index (χ2v) is 5.95. The van der Waals surface area contributed by atoms with Crippen molar-refractivity contribution in [2.24, 2.45) is 0 Å². The van der Waals surface area contributed by atoms with Gasteiger partial charge < -0.3 is 4.84 Å². The molecule has 0 radical (unpaired) electrons. The van der Waals surface area contributed by atoms with E-state index < -0.39 is 4.92 Å². The Hall–Kier alpha value is -3.45. The first-order valence-electron chi connectivity index (χ1n) is 8.17. The van der Waals surface area contributed by atoms with Crippen LogP contribution in [0, 0.1) is 10.1 Å². The van der Waals surface area contributed by atoms with Crippen LogP contribution in [0.5, 0.6) is 5.75 Å². The number of nitrogens with one attached hydrogen (secondary N) is 1. The standard InChI is InChI=1S/C19H16N4O3/c24-23(25)16-6-7-17-18(12-14-4-2-1-3-5-14)22(26-19(17)13-16)21-15-8-10-20-11-9-15/h1-11,13,18H,12H2,(H,20,21). The zero-order valence-corrected chi connectivity index (χ0v) is 13.8. The summed E-state index contributed by atoms with van der Waals surface area (Å²) >= 11 is 0. The van der Waals surface area contributed by atoms with Gasteiger partial charge in [0.05, 0.1) is 22.7 Å². The number of nitrogens with zero attached hydrogens (tertiary/aromatic N) is 3. The maximum atomic E-state index is 11.1. The zero-order chi connectivity index (χ0) is 17.9. The normalized spacial score (nSPS) is 15.9. The van der Waals surface area contributed by atoms with Gasteiger partial charge in [-0.3, -0.25) is 20.5 Å². The van der Waals surface area contributed by atoms with E-state index in [1.807, 2.05) is 42.5 Å². The van der Waals surface area contributed by atoms with Crippen molar-refractivity contribution in [2.75, 3.05) is 5.43 Å². The molecule has 1 atom stereocenters. The number of nitro groups is 1. The van der Waals surface area contributed by atoms with Crippen LogP contribution in [0.25, 0.3) is 0 Å². The minimum absolute atomic E-state index is 0.00738. The minimum Gasteiger partial charge on any atom is -0.385 e. The minimum atomic E-state index is -0.422. The van der Waals surface area contributed by atoms with Crippen LogP contribution < -0.4 is 10.3 Å². The van der Waals surface area contributed by atoms with Crippen LogP contribution in [-0.2, 0) is 6.42 Å². The van der Waals surface area contributed by atoms with E-state index in [0.717, 1.165) is 16.8 Å². The lowest BCUT2D eigenvalue weighted by Crippen LogP contribution is -2.33. The van der Waals surface area contributed by atoms with Gasteiger partial charge in [-0.2, -0.15) is 0 Å². The molecule has 0 saturated carbocycles. The highest BCUT2D eigenvalue weighted by molar-refractivity contribution is 5.49. The van der Waals surface area contributed by atoms with Gasteiger partial charge in [0.15, 0.2) is 5.75 Å². The average Bonchev–Trinajstić information content (AvgIpc) is 3.00. The average molecular weight is 348 g/mol. The number of hydrazine groups is 1. The van der Waals surface area contributed by atoms with Crippen LogP contribution in [-0.4, -0.2) is 15.1 Å². The first-order chi connectivity index (χ1) is 12.7. The molecule has 2 aromatic carbocycles. The summed E-state index contributed by atoms with van der Waals surface area (Å²) in [6.07, 6.45) is 4.06. The number of hydrogen-bond acceptors (Lipinski definition) is 6. The summed E-state index contributed by atoms with van der Waals surface area (Å²) in [6, 6.07) is 18.3. The molecular formula is C19H16N4O3. The van der Waals surface area contributed by atoms with Crippen LogP contribution in [0.2, 0.25) is 0 Å². The van der Waals surface area contributed by atoms with Crippen LogP contribution in [0.4, 0.5) is 11.4 Å². The highest BCUT2D eigenvalue weighted by atomic mass is 16.7. The van der Waals surface area contributed by atoms with Crippen molar-refractivity contribution in [3.05, 3.63) is 94.3 Å². The number of hydrogen-bond donors (Lipinski definition) is 1. The third-order valence-corrected chi connectivity index (χ3v) is 4.24. The van der Waals surface area contributed by atoms with Gasteiger partial charge in [-0.1, -0.05) is 30.3 Å². The number of fused-ring (bicyclic) bond motifs is 1. The summed E-state index contributed by atoms with van der Waals surface area (Å²) in [4.78, 5) is 20.5. The molecule has 0 fully saturated rings. The van der Waals surface area contributed by atoms with Gasteiger partial charge in [-0.05, 0) is 35.4 Å². The maximum absolute atomic E-state index is 11.1. The molecule has 2 heterocycles. The van der Waals surface area contributed by atoms with Crippen molar-refractivity contribution in [1.29, 1.82) is 0 Å². The molecule has 7 nitrogen and oxygen atoms in total.